The number of hydrogen-bond donors (Lipinski definition) is 0. The number of carbonyl (C=O) groups excluding carboxylic acids is 2. The summed E-state index contributed by atoms with van der Waals surface area (Å²) in [6.45, 7) is 5.98. The molecule has 1 aliphatic carbocycles. The summed E-state index contributed by atoms with van der Waals surface area (Å²) in [5.41, 5.74) is -0.725. The average Bonchev–Trinajstić information content (AvgIpc) is 2.68. The van der Waals surface area contributed by atoms with Crippen LogP contribution in [-0.2, 0) is 15.8 Å². The Morgan fingerprint density at radius 2 is 1.86 bits per heavy atom. The zero-order valence-electron chi connectivity index (χ0n) is 16.5. The first kappa shape index (κ1) is 22.2. The zero-order valence-corrected chi connectivity index (χ0v) is 16.5. The van der Waals surface area contributed by atoms with E-state index in [4.69, 9.17) is 0 Å². The molecule has 3 rings (SSSR count). The molecule has 0 radical (unpaired) electrons. The van der Waals surface area contributed by atoms with Gasteiger partial charge in [0, 0.05) is 51.1 Å². The third-order valence-electron chi connectivity index (χ3n) is 4.82. The molecule has 2 fully saturated rings. The van der Waals surface area contributed by atoms with Crippen LogP contribution in [0, 0.1) is 5.92 Å². The average molecular weight is 399 g/mol. The normalized spacial score (nSPS) is 20.5. The molecule has 1 amide bonds. The molecule has 1 aliphatic heterocycles. The number of pyridine rings is 1. The maximum Gasteiger partial charge on any atom is 0.416 e. The Kier molecular flexibility index (Phi) is 7.83. The Bertz CT molecular complexity index is 671. The molecule has 2 aliphatic rings. The number of carbonyl (C=O) groups is 2. The van der Waals surface area contributed by atoms with Crippen LogP contribution in [0.25, 0.3) is 0 Å². The number of anilines is 1. The van der Waals surface area contributed by atoms with E-state index < -0.39 is 11.7 Å². The van der Waals surface area contributed by atoms with Crippen LogP contribution >= 0.6 is 0 Å². The van der Waals surface area contributed by atoms with Crippen LogP contribution in [0.4, 0.5) is 19.0 Å². The van der Waals surface area contributed by atoms with E-state index in [2.05, 4.69) is 18.8 Å². The highest BCUT2D eigenvalue weighted by Crippen LogP contribution is 2.31. The first-order valence-corrected chi connectivity index (χ1v) is 9.84. The minimum atomic E-state index is -4.40. The van der Waals surface area contributed by atoms with Crippen molar-refractivity contribution in [1.82, 2.24) is 9.88 Å². The second-order valence-electron chi connectivity index (χ2n) is 7.25. The fraction of sp³-hybridized carbons (Fsp3) is 0.650. The molecule has 1 aromatic rings. The van der Waals surface area contributed by atoms with Crippen molar-refractivity contribution in [3.63, 3.8) is 0 Å². The molecule has 0 spiro atoms. The van der Waals surface area contributed by atoms with Crippen LogP contribution in [0.15, 0.2) is 18.3 Å². The second-order valence-corrected chi connectivity index (χ2v) is 7.25. The van der Waals surface area contributed by atoms with E-state index in [9.17, 15) is 22.8 Å². The number of nitrogens with zero attached hydrogens (tertiary/aromatic N) is 3. The Balaban J connectivity index is 0.000000878. The quantitative estimate of drug-likeness (QED) is 0.756. The van der Waals surface area contributed by atoms with Crippen molar-refractivity contribution in [3.8, 4) is 0 Å². The minimum absolute atomic E-state index is 0.00954. The lowest BCUT2D eigenvalue weighted by atomic mass is 9.87. The minimum Gasteiger partial charge on any atom is -0.353 e. The second kappa shape index (κ2) is 9.89. The predicted octanol–water partition coefficient (Wildman–Crippen LogP) is 3.92. The van der Waals surface area contributed by atoms with Gasteiger partial charge >= 0.3 is 6.18 Å². The van der Waals surface area contributed by atoms with E-state index in [1.54, 1.807) is 9.80 Å². The predicted molar refractivity (Wildman–Crippen MR) is 101 cm³/mol. The summed E-state index contributed by atoms with van der Waals surface area (Å²) in [7, 11) is 0. The lowest BCUT2D eigenvalue weighted by Crippen LogP contribution is -2.51. The number of ketones is 1. The smallest absolute Gasteiger partial charge is 0.353 e. The van der Waals surface area contributed by atoms with Gasteiger partial charge in [0.2, 0.25) is 5.91 Å². The van der Waals surface area contributed by atoms with Crippen molar-refractivity contribution in [2.45, 2.75) is 52.1 Å². The van der Waals surface area contributed by atoms with Crippen molar-refractivity contribution in [3.05, 3.63) is 23.9 Å². The molecular formula is C20H28F3N3O2. The van der Waals surface area contributed by atoms with Gasteiger partial charge in [0.05, 0.1) is 5.56 Å². The maximum atomic E-state index is 12.8. The van der Waals surface area contributed by atoms with Crippen molar-refractivity contribution in [2.24, 2.45) is 5.92 Å². The molecule has 1 unspecified atom stereocenters. The van der Waals surface area contributed by atoms with Gasteiger partial charge in [0.15, 0.2) is 0 Å². The van der Waals surface area contributed by atoms with Gasteiger partial charge in [0.25, 0.3) is 0 Å². The molecule has 1 saturated heterocycles. The maximum absolute atomic E-state index is 12.8. The molecule has 5 nitrogen and oxygen atoms in total. The third-order valence-corrected chi connectivity index (χ3v) is 4.82. The van der Waals surface area contributed by atoms with Gasteiger partial charge in [-0.3, -0.25) is 9.59 Å². The van der Waals surface area contributed by atoms with Crippen LogP contribution in [0.2, 0.25) is 0 Å². The molecule has 0 N–H and O–H groups in total. The number of aromatic nitrogens is 1. The number of Topliss-reactive ketones (excluding diaryl/α,β-unsaturated/α-hetero) is 1. The van der Waals surface area contributed by atoms with E-state index >= 15 is 0 Å². The molecule has 1 atom stereocenters. The fourth-order valence-electron chi connectivity index (χ4n) is 3.42. The van der Waals surface area contributed by atoms with Gasteiger partial charge in [-0.2, -0.15) is 13.2 Å². The summed E-state index contributed by atoms with van der Waals surface area (Å²) in [5, 5.41) is 0. The number of rotatable bonds is 2. The summed E-state index contributed by atoms with van der Waals surface area (Å²) in [6.07, 6.45) is 0.364. The van der Waals surface area contributed by atoms with Crippen LogP contribution in [0.5, 0.6) is 0 Å². The van der Waals surface area contributed by atoms with Gasteiger partial charge in [-0.25, -0.2) is 4.98 Å². The van der Waals surface area contributed by atoms with Crippen LogP contribution < -0.4 is 4.90 Å². The summed E-state index contributed by atoms with van der Waals surface area (Å²) in [4.78, 5) is 31.5. The van der Waals surface area contributed by atoms with Crippen LogP contribution in [0.1, 0.15) is 51.5 Å². The lowest BCUT2D eigenvalue weighted by molar-refractivity contribution is -0.139. The van der Waals surface area contributed by atoms with Crippen LogP contribution in [0.3, 0.4) is 0 Å². The molecule has 1 aromatic heterocycles. The largest absolute Gasteiger partial charge is 0.416 e. The highest BCUT2D eigenvalue weighted by molar-refractivity contribution is 5.88. The molecule has 2 heterocycles. The number of alkyl halides is 3. The van der Waals surface area contributed by atoms with E-state index in [1.165, 1.54) is 6.42 Å². The Hall–Kier alpha value is -2.12. The molecule has 8 heteroatoms. The van der Waals surface area contributed by atoms with Gasteiger partial charge in [0.1, 0.15) is 11.6 Å². The number of halogens is 3. The first-order valence-electron chi connectivity index (χ1n) is 9.84. The van der Waals surface area contributed by atoms with E-state index in [0.717, 1.165) is 31.2 Å². The highest BCUT2D eigenvalue weighted by atomic mass is 19.4. The Labute approximate surface area is 163 Å². The van der Waals surface area contributed by atoms with Crippen molar-refractivity contribution in [1.29, 1.82) is 0 Å². The summed E-state index contributed by atoms with van der Waals surface area (Å²) < 4.78 is 38.4. The molecule has 28 heavy (non-hydrogen) atoms. The summed E-state index contributed by atoms with van der Waals surface area (Å²) >= 11 is 0. The Morgan fingerprint density at radius 1 is 1.21 bits per heavy atom. The zero-order chi connectivity index (χ0) is 20.7. The van der Waals surface area contributed by atoms with Crippen molar-refractivity contribution in [2.75, 3.05) is 31.1 Å². The monoisotopic (exact) mass is 399 g/mol. The van der Waals surface area contributed by atoms with Gasteiger partial charge in [-0.15, -0.1) is 0 Å². The fourth-order valence-corrected chi connectivity index (χ4v) is 3.42. The summed E-state index contributed by atoms with van der Waals surface area (Å²) in [6, 6.07) is 1.99. The van der Waals surface area contributed by atoms with E-state index in [-0.39, 0.29) is 23.4 Å². The SMILES string of the molecule is CCC.O=C1CCCC(C(=O)N2CCN(c3cc(C(F)(F)F)ccn3)CC2)C1. The van der Waals surface area contributed by atoms with Gasteiger partial charge in [-0.05, 0) is 25.0 Å². The molecule has 0 bridgehead atoms. The van der Waals surface area contributed by atoms with Gasteiger partial charge in [-0.1, -0.05) is 20.3 Å². The van der Waals surface area contributed by atoms with Crippen molar-refractivity contribution < 1.29 is 22.8 Å². The van der Waals surface area contributed by atoms with E-state index in [1.807, 2.05) is 0 Å². The molecule has 156 valence electrons. The topological polar surface area (TPSA) is 53.5 Å². The molecule has 0 aromatic carbocycles. The molecule has 1 saturated carbocycles. The highest BCUT2D eigenvalue weighted by Gasteiger charge is 2.33. The lowest BCUT2D eigenvalue weighted by Gasteiger charge is -2.37. The van der Waals surface area contributed by atoms with Crippen molar-refractivity contribution >= 4 is 17.5 Å². The van der Waals surface area contributed by atoms with E-state index in [0.29, 0.717) is 39.0 Å². The number of hydrogen-bond acceptors (Lipinski definition) is 4. The van der Waals surface area contributed by atoms with Crippen LogP contribution in [-0.4, -0.2) is 47.8 Å². The Morgan fingerprint density at radius 3 is 2.43 bits per heavy atom. The number of amides is 1. The summed E-state index contributed by atoms with van der Waals surface area (Å²) in [5.74, 6) is 0.162. The standard InChI is InChI=1S/C17H20F3N3O2.C3H8/c18-17(19,20)13-4-5-21-15(11-13)22-6-8-23(9-7-22)16(25)12-2-1-3-14(24)10-12;1-3-2/h4-5,11-12H,1-3,6-10H2;3H2,1-2H3. The number of piperazine rings is 1. The first-order chi connectivity index (χ1) is 13.3. The third kappa shape index (κ3) is 5.94. The molecular weight excluding hydrogens is 371 g/mol. The van der Waals surface area contributed by atoms with Gasteiger partial charge < -0.3 is 9.80 Å².